The van der Waals surface area contributed by atoms with E-state index in [9.17, 15) is 5.11 Å². The van der Waals surface area contributed by atoms with Gasteiger partial charge in [-0.25, -0.2) is 0 Å². The van der Waals surface area contributed by atoms with Gasteiger partial charge < -0.3 is 10.4 Å². The van der Waals surface area contributed by atoms with E-state index in [-0.39, 0.29) is 6.10 Å². The van der Waals surface area contributed by atoms with E-state index in [1.807, 2.05) is 17.5 Å². The van der Waals surface area contributed by atoms with Gasteiger partial charge in [-0.15, -0.1) is 11.3 Å². The fourth-order valence-electron chi connectivity index (χ4n) is 1.50. The van der Waals surface area contributed by atoms with Gasteiger partial charge in [-0.3, -0.25) is 0 Å². The first-order valence-electron chi connectivity index (χ1n) is 5.76. The van der Waals surface area contributed by atoms with Crippen LogP contribution in [0.1, 0.15) is 43.6 Å². The summed E-state index contributed by atoms with van der Waals surface area (Å²) in [4.78, 5) is 1.05. The van der Waals surface area contributed by atoms with Crippen LogP contribution in [-0.4, -0.2) is 18.2 Å². The van der Waals surface area contributed by atoms with Crippen molar-refractivity contribution >= 4 is 11.3 Å². The molecule has 0 aliphatic rings. The fourth-order valence-corrected chi connectivity index (χ4v) is 2.21. The number of unbranched alkanes of at least 4 members (excludes halogenated alkanes) is 3. The highest BCUT2D eigenvalue weighted by molar-refractivity contribution is 7.10. The zero-order chi connectivity index (χ0) is 10.9. The van der Waals surface area contributed by atoms with Gasteiger partial charge in [0.25, 0.3) is 0 Å². The third kappa shape index (κ3) is 5.30. The molecule has 1 aromatic rings. The van der Waals surface area contributed by atoms with Crippen LogP contribution in [-0.2, 0) is 0 Å². The van der Waals surface area contributed by atoms with Gasteiger partial charge in [0, 0.05) is 11.4 Å². The van der Waals surface area contributed by atoms with Crippen LogP contribution in [0.4, 0.5) is 0 Å². The highest BCUT2D eigenvalue weighted by Crippen LogP contribution is 2.17. The maximum absolute atomic E-state index is 9.76. The molecule has 2 nitrogen and oxygen atoms in total. The predicted octanol–water partition coefficient (Wildman–Crippen LogP) is 2.95. The largest absolute Gasteiger partial charge is 0.386 e. The topological polar surface area (TPSA) is 32.3 Å². The van der Waals surface area contributed by atoms with Gasteiger partial charge in [0.1, 0.15) is 6.10 Å². The van der Waals surface area contributed by atoms with Crippen molar-refractivity contribution in [2.24, 2.45) is 0 Å². The molecule has 0 saturated heterocycles. The summed E-state index contributed by atoms with van der Waals surface area (Å²) < 4.78 is 0. The van der Waals surface area contributed by atoms with Gasteiger partial charge >= 0.3 is 0 Å². The Bertz CT molecular complexity index is 236. The monoisotopic (exact) mass is 227 g/mol. The molecule has 0 radical (unpaired) electrons. The molecular weight excluding hydrogens is 206 g/mol. The average Bonchev–Trinajstić information content (AvgIpc) is 2.76. The van der Waals surface area contributed by atoms with Crippen molar-refractivity contribution in [1.29, 1.82) is 0 Å². The first-order chi connectivity index (χ1) is 7.34. The molecule has 3 heteroatoms. The molecule has 0 saturated carbocycles. The summed E-state index contributed by atoms with van der Waals surface area (Å²) in [6.07, 6.45) is 4.76. The van der Waals surface area contributed by atoms with Crippen molar-refractivity contribution < 1.29 is 5.11 Å². The summed E-state index contributed by atoms with van der Waals surface area (Å²) in [6.45, 7) is 3.91. The second-order valence-corrected chi connectivity index (χ2v) is 4.78. The minimum Gasteiger partial charge on any atom is -0.386 e. The van der Waals surface area contributed by atoms with Gasteiger partial charge in [-0.2, -0.15) is 0 Å². The van der Waals surface area contributed by atoms with Gasteiger partial charge in [0.2, 0.25) is 0 Å². The molecule has 1 rings (SSSR count). The maximum atomic E-state index is 9.76. The maximum Gasteiger partial charge on any atom is 0.101 e. The van der Waals surface area contributed by atoms with Crippen LogP contribution in [0.3, 0.4) is 0 Å². The molecule has 1 heterocycles. The Morgan fingerprint density at radius 3 is 2.93 bits per heavy atom. The number of hydrogen-bond acceptors (Lipinski definition) is 3. The number of hydrogen-bond donors (Lipinski definition) is 2. The van der Waals surface area contributed by atoms with Crippen molar-refractivity contribution in [3.05, 3.63) is 22.4 Å². The van der Waals surface area contributed by atoms with Crippen LogP contribution >= 0.6 is 11.3 Å². The second-order valence-electron chi connectivity index (χ2n) is 3.80. The van der Waals surface area contributed by atoms with Crippen LogP contribution in [0, 0.1) is 0 Å². The van der Waals surface area contributed by atoms with E-state index < -0.39 is 0 Å². The Kier molecular flexibility index (Phi) is 6.64. The highest BCUT2D eigenvalue weighted by Gasteiger charge is 2.06. The summed E-state index contributed by atoms with van der Waals surface area (Å²) in [5.41, 5.74) is 0. The van der Waals surface area contributed by atoms with E-state index in [0.29, 0.717) is 6.54 Å². The van der Waals surface area contributed by atoms with Gasteiger partial charge in [0.15, 0.2) is 0 Å². The third-order valence-corrected chi connectivity index (χ3v) is 3.39. The Morgan fingerprint density at radius 2 is 2.27 bits per heavy atom. The first-order valence-corrected chi connectivity index (χ1v) is 6.64. The molecule has 0 aliphatic carbocycles. The lowest BCUT2D eigenvalue weighted by atomic mass is 10.2. The molecule has 0 aromatic carbocycles. The third-order valence-electron chi connectivity index (χ3n) is 2.42. The molecule has 1 atom stereocenters. The van der Waals surface area contributed by atoms with E-state index >= 15 is 0 Å². The van der Waals surface area contributed by atoms with Gasteiger partial charge in [-0.05, 0) is 24.4 Å². The van der Waals surface area contributed by atoms with Crippen LogP contribution in [0.2, 0.25) is 0 Å². The number of nitrogens with one attached hydrogen (secondary N) is 1. The fraction of sp³-hybridized carbons (Fsp3) is 0.667. The van der Waals surface area contributed by atoms with E-state index in [1.165, 1.54) is 25.7 Å². The summed E-state index contributed by atoms with van der Waals surface area (Å²) in [5, 5.41) is 15.0. The Labute approximate surface area is 96.3 Å². The van der Waals surface area contributed by atoms with E-state index in [0.717, 1.165) is 11.4 Å². The molecule has 0 amide bonds. The quantitative estimate of drug-likeness (QED) is 0.669. The minimum absolute atomic E-state index is 0.337. The molecule has 0 fully saturated rings. The molecule has 0 aliphatic heterocycles. The minimum atomic E-state index is -0.337. The van der Waals surface area contributed by atoms with Crippen LogP contribution in [0.15, 0.2) is 17.5 Å². The molecule has 15 heavy (non-hydrogen) atoms. The van der Waals surface area contributed by atoms with Gasteiger partial charge in [0.05, 0.1) is 0 Å². The molecular formula is C12H21NOS. The van der Waals surface area contributed by atoms with Crippen LogP contribution in [0.25, 0.3) is 0 Å². The molecule has 1 unspecified atom stereocenters. The summed E-state index contributed by atoms with van der Waals surface area (Å²) in [5.74, 6) is 0. The lowest BCUT2D eigenvalue weighted by Gasteiger charge is -2.09. The Hall–Kier alpha value is -0.380. The highest BCUT2D eigenvalue weighted by atomic mass is 32.1. The molecule has 0 bridgehead atoms. The molecule has 0 spiro atoms. The molecule has 2 N–H and O–H groups in total. The summed E-state index contributed by atoms with van der Waals surface area (Å²) in [7, 11) is 0. The molecule has 86 valence electrons. The van der Waals surface area contributed by atoms with Crippen LogP contribution < -0.4 is 5.32 Å². The Morgan fingerprint density at radius 1 is 1.40 bits per heavy atom. The van der Waals surface area contributed by atoms with E-state index in [4.69, 9.17) is 0 Å². The van der Waals surface area contributed by atoms with Crippen LogP contribution in [0.5, 0.6) is 0 Å². The number of aliphatic hydroxyl groups excluding tert-OH is 1. The smallest absolute Gasteiger partial charge is 0.101 e. The number of thiophene rings is 1. The number of rotatable bonds is 8. The Balaban J connectivity index is 2.00. The van der Waals surface area contributed by atoms with Crippen molar-refractivity contribution in [1.82, 2.24) is 5.32 Å². The van der Waals surface area contributed by atoms with Crippen molar-refractivity contribution in [3.8, 4) is 0 Å². The van der Waals surface area contributed by atoms with Gasteiger partial charge in [-0.1, -0.05) is 32.3 Å². The van der Waals surface area contributed by atoms with Crippen molar-refractivity contribution in [3.63, 3.8) is 0 Å². The SMILES string of the molecule is CCCCCCNCC(O)c1cccs1. The summed E-state index contributed by atoms with van der Waals surface area (Å²) in [6, 6.07) is 3.96. The predicted molar refractivity (Wildman–Crippen MR) is 66.3 cm³/mol. The lowest BCUT2D eigenvalue weighted by molar-refractivity contribution is 0.178. The number of aliphatic hydroxyl groups is 1. The van der Waals surface area contributed by atoms with Crippen molar-refractivity contribution in [2.45, 2.75) is 38.7 Å². The molecule has 1 aromatic heterocycles. The summed E-state index contributed by atoms with van der Waals surface area (Å²) >= 11 is 1.61. The average molecular weight is 227 g/mol. The zero-order valence-electron chi connectivity index (χ0n) is 9.41. The van der Waals surface area contributed by atoms with Crippen molar-refractivity contribution in [2.75, 3.05) is 13.1 Å². The first kappa shape index (κ1) is 12.7. The van der Waals surface area contributed by atoms with E-state index in [2.05, 4.69) is 12.2 Å². The lowest BCUT2D eigenvalue weighted by Crippen LogP contribution is -2.22. The zero-order valence-corrected chi connectivity index (χ0v) is 10.2. The second kappa shape index (κ2) is 7.85. The van der Waals surface area contributed by atoms with E-state index in [1.54, 1.807) is 11.3 Å². The standard InChI is InChI=1S/C12H21NOS/c1-2-3-4-5-8-13-10-11(14)12-7-6-9-15-12/h6-7,9,11,13-14H,2-5,8,10H2,1H3. The normalized spacial score (nSPS) is 12.9.